The molecule has 1 amide bonds. The Morgan fingerprint density at radius 2 is 2.00 bits per heavy atom. The van der Waals surface area contributed by atoms with E-state index in [4.69, 9.17) is 9.15 Å². The fraction of sp³-hybridized carbons (Fsp3) is 0.0476. The minimum Gasteiger partial charge on any atom is -0.504 e. The second-order valence-corrected chi connectivity index (χ2v) is 5.93. The van der Waals surface area contributed by atoms with Crippen molar-refractivity contribution in [2.75, 3.05) is 12.4 Å². The lowest BCUT2D eigenvalue weighted by Gasteiger charge is -2.08. The van der Waals surface area contributed by atoms with E-state index in [1.165, 1.54) is 13.2 Å². The van der Waals surface area contributed by atoms with Gasteiger partial charge >= 0.3 is 0 Å². The van der Waals surface area contributed by atoms with Gasteiger partial charge in [0.25, 0.3) is 5.91 Å². The predicted octanol–water partition coefficient (Wildman–Crippen LogP) is 4.46. The number of furan rings is 1. The highest BCUT2D eigenvalue weighted by molar-refractivity contribution is 6.05. The number of carbonyl (C=O) groups is 1. The Hall–Kier alpha value is -3.80. The van der Waals surface area contributed by atoms with E-state index in [9.17, 15) is 9.90 Å². The average molecular weight is 360 g/mol. The highest BCUT2D eigenvalue weighted by atomic mass is 16.5. The van der Waals surface area contributed by atoms with Gasteiger partial charge in [-0.05, 0) is 48.5 Å². The fourth-order valence-corrected chi connectivity index (χ4v) is 2.80. The van der Waals surface area contributed by atoms with Crippen LogP contribution >= 0.6 is 0 Å². The molecule has 4 rings (SSSR count). The molecule has 6 nitrogen and oxygen atoms in total. The number of phenols is 1. The summed E-state index contributed by atoms with van der Waals surface area (Å²) in [5, 5.41) is 13.6. The third-order valence-electron chi connectivity index (χ3n) is 4.14. The number of carbonyl (C=O) groups excluding carboxylic acids is 1. The van der Waals surface area contributed by atoms with Crippen molar-refractivity contribution >= 4 is 22.7 Å². The standard InChI is InChI=1S/C21H16N2O4/c1-26-18-8-7-14(11-17(18)24)20(25)23-16-6-2-4-13(10-16)19-12-15-5-3-9-22-21(15)27-19/h2-12,24H,1H3,(H,23,25). The number of amides is 1. The molecule has 0 aliphatic carbocycles. The van der Waals surface area contributed by atoms with Crippen molar-refractivity contribution in [1.82, 2.24) is 4.98 Å². The molecule has 6 heteroatoms. The Morgan fingerprint density at radius 1 is 1.11 bits per heavy atom. The molecule has 0 saturated heterocycles. The molecule has 0 aliphatic heterocycles. The monoisotopic (exact) mass is 360 g/mol. The van der Waals surface area contributed by atoms with Crippen molar-refractivity contribution in [3.63, 3.8) is 0 Å². The van der Waals surface area contributed by atoms with Gasteiger partial charge in [0.05, 0.1) is 7.11 Å². The summed E-state index contributed by atoms with van der Waals surface area (Å²) in [6, 6.07) is 17.5. The first-order chi connectivity index (χ1) is 13.1. The van der Waals surface area contributed by atoms with Crippen molar-refractivity contribution in [1.29, 1.82) is 0 Å². The molecule has 0 spiro atoms. The number of nitrogens with zero attached hydrogens (tertiary/aromatic N) is 1. The number of rotatable bonds is 4. The number of benzene rings is 2. The van der Waals surface area contributed by atoms with E-state index in [-0.39, 0.29) is 11.7 Å². The smallest absolute Gasteiger partial charge is 0.255 e. The Bertz CT molecular complexity index is 1100. The molecule has 27 heavy (non-hydrogen) atoms. The molecule has 0 bridgehead atoms. The zero-order valence-electron chi connectivity index (χ0n) is 14.5. The highest BCUT2D eigenvalue weighted by Gasteiger charge is 2.12. The van der Waals surface area contributed by atoms with Crippen molar-refractivity contribution in [2.24, 2.45) is 0 Å². The van der Waals surface area contributed by atoms with Crippen LogP contribution in [0.15, 0.2) is 71.3 Å². The van der Waals surface area contributed by atoms with E-state index in [1.807, 2.05) is 36.4 Å². The molecule has 0 fully saturated rings. The maximum atomic E-state index is 12.5. The molecule has 2 aromatic carbocycles. The molecular formula is C21H16N2O4. The number of ether oxygens (including phenoxy) is 1. The van der Waals surface area contributed by atoms with Crippen LogP contribution in [0.5, 0.6) is 11.5 Å². The van der Waals surface area contributed by atoms with Gasteiger partial charge in [0.1, 0.15) is 5.76 Å². The van der Waals surface area contributed by atoms with Gasteiger partial charge in [0.2, 0.25) is 5.71 Å². The number of pyridine rings is 1. The zero-order chi connectivity index (χ0) is 18.8. The molecule has 4 aromatic rings. The van der Waals surface area contributed by atoms with E-state index in [0.717, 1.165) is 10.9 Å². The molecule has 0 radical (unpaired) electrons. The first-order valence-corrected chi connectivity index (χ1v) is 8.27. The second kappa shape index (κ2) is 6.84. The summed E-state index contributed by atoms with van der Waals surface area (Å²) in [6.07, 6.45) is 1.68. The summed E-state index contributed by atoms with van der Waals surface area (Å²) < 4.78 is 10.8. The van der Waals surface area contributed by atoms with Gasteiger partial charge in [-0.2, -0.15) is 0 Å². The molecule has 2 heterocycles. The summed E-state index contributed by atoms with van der Waals surface area (Å²) in [4.78, 5) is 16.6. The van der Waals surface area contributed by atoms with E-state index in [0.29, 0.717) is 28.5 Å². The Balaban J connectivity index is 1.59. The lowest BCUT2D eigenvalue weighted by atomic mass is 10.1. The molecule has 0 saturated carbocycles. The quantitative estimate of drug-likeness (QED) is 0.561. The summed E-state index contributed by atoms with van der Waals surface area (Å²) >= 11 is 0. The van der Waals surface area contributed by atoms with Crippen molar-refractivity contribution < 1.29 is 19.1 Å². The number of hydrogen-bond donors (Lipinski definition) is 2. The molecule has 0 atom stereocenters. The lowest BCUT2D eigenvalue weighted by molar-refractivity contribution is 0.102. The van der Waals surface area contributed by atoms with Crippen LogP contribution in [0.2, 0.25) is 0 Å². The summed E-state index contributed by atoms with van der Waals surface area (Å²) in [5.74, 6) is 0.555. The number of nitrogens with one attached hydrogen (secondary N) is 1. The third-order valence-corrected chi connectivity index (χ3v) is 4.14. The van der Waals surface area contributed by atoms with Crippen LogP contribution in [0.3, 0.4) is 0 Å². The zero-order valence-corrected chi connectivity index (χ0v) is 14.5. The maximum Gasteiger partial charge on any atom is 0.255 e. The van der Waals surface area contributed by atoms with E-state index in [1.54, 1.807) is 24.4 Å². The molecular weight excluding hydrogens is 344 g/mol. The highest BCUT2D eigenvalue weighted by Crippen LogP contribution is 2.29. The average Bonchev–Trinajstić information content (AvgIpc) is 3.12. The van der Waals surface area contributed by atoms with Crippen LogP contribution in [-0.2, 0) is 0 Å². The first kappa shape index (κ1) is 16.7. The molecule has 2 N–H and O–H groups in total. The fourth-order valence-electron chi connectivity index (χ4n) is 2.80. The van der Waals surface area contributed by atoms with Gasteiger partial charge < -0.3 is 19.6 Å². The first-order valence-electron chi connectivity index (χ1n) is 8.27. The topological polar surface area (TPSA) is 84.6 Å². The lowest BCUT2D eigenvalue weighted by Crippen LogP contribution is -2.11. The molecule has 134 valence electrons. The van der Waals surface area contributed by atoms with Gasteiger partial charge in [0, 0.05) is 28.4 Å². The normalized spacial score (nSPS) is 10.7. The van der Waals surface area contributed by atoms with E-state index < -0.39 is 0 Å². The number of methoxy groups -OCH3 is 1. The Morgan fingerprint density at radius 3 is 2.78 bits per heavy atom. The van der Waals surface area contributed by atoms with Gasteiger partial charge in [-0.15, -0.1) is 0 Å². The van der Waals surface area contributed by atoms with Gasteiger partial charge in [-0.1, -0.05) is 12.1 Å². The van der Waals surface area contributed by atoms with Crippen LogP contribution in [0.25, 0.3) is 22.4 Å². The number of hydrogen-bond acceptors (Lipinski definition) is 5. The second-order valence-electron chi connectivity index (χ2n) is 5.93. The summed E-state index contributed by atoms with van der Waals surface area (Å²) in [5.41, 5.74) is 2.33. The number of anilines is 1. The van der Waals surface area contributed by atoms with Gasteiger partial charge in [0.15, 0.2) is 11.5 Å². The minimum atomic E-state index is -0.337. The van der Waals surface area contributed by atoms with Crippen LogP contribution in [0.1, 0.15) is 10.4 Å². The number of phenolic OH excluding ortho intramolecular Hbond substituents is 1. The maximum absolute atomic E-state index is 12.5. The van der Waals surface area contributed by atoms with Crippen LogP contribution in [0.4, 0.5) is 5.69 Å². The van der Waals surface area contributed by atoms with Crippen LogP contribution < -0.4 is 10.1 Å². The Kier molecular flexibility index (Phi) is 4.22. The largest absolute Gasteiger partial charge is 0.504 e. The summed E-state index contributed by atoms with van der Waals surface area (Å²) in [7, 11) is 1.45. The summed E-state index contributed by atoms with van der Waals surface area (Å²) in [6.45, 7) is 0. The molecule has 0 aliphatic rings. The third kappa shape index (κ3) is 3.32. The van der Waals surface area contributed by atoms with Crippen LogP contribution in [-0.4, -0.2) is 23.1 Å². The van der Waals surface area contributed by atoms with E-state index in [2.05, 4.69) is 10.3 Å². The van der Waals surface area contributed by atoms with Gasteiger partial charge in [-0.3, -0.25) is 4.79 Å². The number of fused-ring (bicyclic) bond motifs is 1. The van der Waals surface area contributed by atoms with Crippen LogP contribution in [0, 0.1) is 0 Å². The molecule has 2 aromatic heterocycles. The van der Waals surface area contributed by atoms with Crippen molar-refractivity contribution in [3.8, 4) is 22.8 Å². The van der Waals surface area contributed by atoms with Gasteiger partial charge in [-0.25, -0.2) is 4.98 Å². The predicted molar refractivity (Wildman–Crippen MR) is 102 cm³/mol. The number of aromatic nitrogens is 1. The number of aromatic hydroxyl groups is 1. The van der Waals surface area contributed by atoms with Crippen molar-refractivity contribution in [2.45, 2.75) is 0 Å². The van der Waals surface area contributed by atoms with E-state index >= 15 is 0 Å². The minimum absolute atomic E-state index is 0.0892. The SMILES string of the molecule is COc1ccc(C(=O)Nc2cccc(-c3cc4cccnc4o3)c2)cc1O. The van der Waals surface area contributed by atoms with Crippen molar-refractivity contribution in [3.05, 3.63) is 72.4 Å². The molecule has 0 unspecified atom stereocenters. The Labute approximate surface area is 155 Å².